The lowest BCUT2D eigenvalue weighted by Gasteiger charge is -2.22. The number of aromatic nitrogens is 3. The molecule has 0 saturated heterocycles. The first-order valence-electron chi connectivity index (χ1n) is 10.8. The molecule has 0 radical (unpaired) electrons. The fourth-order valence-electron chi connectivity index (χ4n) is 3.88. The van der Waals surface area contributed by atoms with Crippen LogP contribution in [0.1, 0.15) is 36.6 Å². The smallest absolute Gasteiger partial charge is 0.349 e. The van der Waals surface area contributed by atoms with Gasteiger partial charge in [-0.15, -0.1) is 0 Å². The molecule has 1 aliphatic rings. The number of carbonyl (C=O) groups is 1. The maximum absolute atomic E-state index is 12.9. The fraction of sp³-hybridized carbons (Fsp3) is 0.333. The molecule has 2 aromatic heterocycles. The van der Waals surface area contributed by atoms with Gasteiger partial charge in [-0.25, -0.2) is 4.79 Å². The highest BCUT2D eigenvalue weighted by molar-refractivity contribution is 8.00. The number of nitrogens with zero attached hydrogens (tertiary/aromatic N) is 3. The van der Waals surface area contributed by atoms with Gasteiger partial charge in [0.05, 0.1) is 24.6 Å². The maximum Gasteiger partial charge on any atom is 0.349 e. The van der Waals surface area contributed by atoms with E-state index in [4.69, 9.17) is 4.74 Å². The number of pyridine rings is 1. The molecule has 32 heavy (non-hydrogen) atoms. The van der Waals surface area contributed by atoms with Crippen molar-refractivity contribution in [2.24, 2.45) is 0 Å². The normalized spacial score (nSPS) is 12.8. The molecule has 1 N–H and O–H groups in total. The van der Waals surface area contributed by atoms with E-state index in [1.54, 1.807) is 17.0 Å². The van der Waals surface area contributed by atoms with Gasteiger partial charge >= 0.3 is 5.69 Å². The number of rotatable bonds is 8. The first-order chi connectivity index (χ1) is 15.7. The lowest BCUT2D eigenvalue weighted by molar-refractivity contribution is -0.113. The predicted octanol–water partition coefficient (Wildman–Crippen LogP) is 3.69. The summed E-state index contributed by atoms with van der Waals surface area (Å²) in [6, 6.07) is 11.2. The Bertz CT molecular complexity index is 1150. The molecule has 0 aliphatic heterocycles. The van der Waals surface area contributed by atoms with Crippen molar-refractivity contribution in [2.45, 2.75) is 44.2 Å². The van der Waals surface area contributed by atoms with Crippen molar-refractivity contribution in [3.05, 3.63) is 76.1 Å². The zero-order valence-electron chi connectivity index (χ0n) is 18.0. The van der Waals surface area contributed by atoms with Crippen molar-refractivity contribution in [1.82, 2.24) is 14.5 Å². The molecule has 7 nitrogen and oxygen atoms in total. The Morgan fingerprint density at radius 1 is 1.19 bits per heavy atom. The van der Waals surface area contributed by atoms with Crippen molar-refractivity contribution in [2.75, 3.05) is 17.7 Å². The van der Waals surface area contributed by atoms with Crippen molar-refractivity contribution in [3.8, 4) is 5.75 Å². The summed E-state index contributed by atoms with van der Waals surface area (Å²) in [5, 5.41) is 3.57. The number of thioether (sulfide) groups is 1. The van der Waals surface area contributed by atoms with Crippen LogP contribution in [0.2, 0.25) is 0 Å². The Kier molecular flexibility index (Phi) is 7.21. The highest BCUT2D eigenvalue weighted by Gasteiger charge is 2.21. The van der Waals surface area contributed by atoms with E-state index in [0.717, 1.165) is 42.5 Å². The van der Waals surface area contributed by atoms with Crippen LogP contribution in [0.25, 0.3) is 0 Å². The minimum Gasteiger partial charge on any atom is -0.492 e. The second-order valence-electron chi connectivity index (χ2n) is 7.55. The van der Waals surface area contributed by atoms with E-state index in [2.05, 4.69) is 15.3 Å². The van der Waals surface area contributed by atoms with Crippen LogP contribution in [0, 0.1) is 0 Å². The highest BCUT2D eigenvalue weighted by atomic mass is 32.2. The Balaban J connectivity index is 1.51. The molecule has 0 fully saturated rings. The van der Waals surface area contributed by atoms with Gasteiger partial charge in [0.2, 0.25) is 5.91 Å². The number of nitrogens with one attached hydrogen (secondary N) is 1. The van der Waals surface area contributed by atoms with Gasteiger partial charge in [-0.1, -0.05) is 30.0 Å². The van der Waals surface area contributed by atoms with Crippen LogP contribution >= 0.6 is 11.8 Å². The molecule has 0 spiro atoms. The molecule has 0 atom stereocenters. The molecule has 3 aromatic rings. The number of carbonyl (C=O) groups excluding carboxylic acids is 1. The minimum absolute atomic E-state index is 0.159. The number of amides is 1. The average Bonchev–Trinajstić information content (AvgIpc) is 2.82. The molecule has 1 aliphatic carbocycles. The standard InChI is InChI=1S/C24H26N4O3S/c1-2-31-21-12-6-4-10-19(21)26-22(29)16-32-23-18-9-3-5-11-20(18)28(24(30)27-23)15-17-8-7-13-25-14-17/h4,6-8,10,12-14H,2-3,5,9,11,15-16H2,1H3,(H,26,29). The lowest BCUT2D eigenvalue weighted by atomic mass is 9.97. The molecule has 8 heteroatoms. The second kappa shape index (κ2) is 10.5. The zero-order valence-corrected chi connectivity index (χ0v) is 18.9. The van der Waals surface area contributed by atoms with Crippen molar-refractivity contribution >= 4 is 23.4 Å². The lowest BCUT2D eigenvalue weighted by Crippen LogP contribution is -2.30. The van der Waals surface area contributed by atoms with E-state index in [1.807, 2.05) is 43.3 Å². The first kappa shape index (κ1) is 22.1. The third kappa shape index (κ3) is 5.19. The third-order valence-corrected chi connectivity index (χ3v) is 6.33. The number of hydrogen-bond acceptors (Lipinski definition) is 6. The van der Waals surface area contributed by atoms with Gasteiger partial charge in [-0.3, -0.25) is 14.3 Å². The van der Waals surface area contributed by atoms with E-state index < -0.39 is 0 Å². The van der Waals surface area contributed by atoms with Crippen molar-refractivity contribution in [3.63, 3.8) is 0 Å². The molecule has 4 rings (SSSR count). The van der Waals surface area contributed by atoms with Crippen molar-refractivity contribution < 1.29 is 9.53 Å². The summed E-state index contributed by atoms with van der Waals surface area (Å²) >= 11 is 1.32. The van der Waals surface area contributed by atoms with Crippen LogP contribution < -0.4 is 15.7 Å². The van der Waals surface area contributed by atoms with E-state index in [9.17, 15) is 9.59 Å². The summed E-state index contributed by atoms with van der Waals surface area (Å²) in [4.78, 5) is 34.0. The monoisotopic (exact) mass is 450 g/mol. The van der Waals surface area contributed by atoms with Crippen LogP contribution in [0.15, 0.2) is 58.6 Å². The Morgan fingerprint density at radius 2 is 2.03 bits per heavy atom. The van der Waals surface area contributed by atoms with Crippen LogP contribution in [0.3, 0.4) is 0 Å². The van der Waals surface area contributed by atoms with Crippen LogP contribution in [-0.2, 0) is 24.2 Å². The average molecular weight is 451 g/mol. The van der Waals surface area contributed by atoms with Gasteiger partial charge in [0.1, 0.15) is 10.8 Å². The van der Waals surface area contributed by atoms with Gasteiger partial charge in [0.15, 0.2) is 0 Å². The van der Waals surface area contributed by atoms with Gasteiger partial charge in [0.25, 0.3) is 0 Å². The molecule has 0 saturated carbocycles. The number of fused-ring (bicyclic) bond motifs is 1. The van der Waals surface area contributed by atoms with Gasteiger partial charge in [-0.2, -0.15) is 4.98 Å². The summed E-state index contributed by atoms with van der Waals surface area (Å²) in [6.45, 7) is 2.88. The molecule has 1 amide bonds. The second-order valence-corrected chi connectivity index (χ2v) is 8.51. The summed E-state index contributed by atoms with van der Waals surface area (Å²) in [5.41, 5.74) is 3.45. The van der Waals surface area contributed by atoms with Crippen LogP contribution in [0.4, 0.5) is 5.69 Å². The SMILES string of the molecule is CCOc1ccccc1NC(=O)CSc1nc(=O)n(Cc2cccnc2)c2c1CCCC2. The van der Waals surface area contributed by atoms with Gasteiger partial charge in [0, 0.05) is 23.7 Å². The maximum atomic E-state index is 12.9. The Morgan fingerprint density at radius 3 is 2.84 bits per heavy atom. The van der Waals surface area contributed by atoms with E-state index in [-0.39, 0.29) is 17.3 Å². The Hall–Kier alpha value is -3.13. The molecule has 1 aromatic carbocycles. The van der Waals surface area contributed by atoms with Crippen LogP contribution in [0.5, 0.6) is 5.75 Å². The minimum atomic E-state index is -0.279. The number of benzene rings is 1. The number of hydrogen-bond donors (Lipinski definition) is 1. The fourth-order valence-corrected chi connectivity index (χ4v) is 4.75. The quantitative estimate of drug-likeness (QED) is 0.416. The van der Waals surface area contributed by atoms with Gasteiger partial charge in [-0.05, 0) is 56.4 Å². The van der Waals surface area contributed by atoms with Crippen molar-refractivity contribution in [1.29, 1.82) is 0 Å². The van der Waals surface area contributed by atoms with E-state index in [0.29, 0.717) is 29.6 Å². The molecule has 166 valence electrons. The number of para-hydroxylation sites is 2. The summed E-state index contributed by atoms with van der Waals surface area (Å²) in [7, 11) is 0. The summed E-state index contributed by atoms with van der Waals surface area (Å²) in [6.07, 6.45) is 7.30. The van der Waals surface area contributed by atoms with E-state index >= 15 is 0 Å². The molecule has 2 heterocycles. The molecule has 0 unspecified atom stereocenters. The first-order valence-corrected chi connectivity index (χ1v) is 11.8. The summed E-state index contributed by atoms with van der Waals surface area (Å²) in [5.74, 6) is 0.654. The zero-order chi connectivity index (χ0) is 22.3. The highest BCUT2D eigenvalue weighted by Crippen LogP contribution is 2.29. The largest absolute Gasteiger partial charge is 0.492 e. The molecular weight excluding hydrogens is 424 g/mol. The summed E-state index contributed by atoms with van der Waals surface area (Å²) < 4.78 is 7.33. The number of anilines is 1. The molecular formula is C24H26N4O3S. The van der Waals surface area contributed by atoms with Gasteiger partial charge < -0.3 is 10.1 Å². The molecule has 0 bridgehead atoms. The van der Waals surface area contributed by atoms with E-state index in [1.165, 1.54) is 11.8 Å². The predicted molar refractivity (Wildman–Crippen MR) is 125 cm³/mol. The number of ether oxygens (including phenoxy) is 1. The Labute approximate surface area is 191 Å². The van der Waals surface area contributed by atoms with Crippen LogP contribution in [-0.4, -0.2) is 32.8 Å². The third-order valence-electron chi connectivity index (χ3n) is 5.32. The topological polar surface area (TPSA) is 86.1 Å².